The van der Waals surface area contributed by atoms with E-state index in [1.807, 2.05) is 79.3 Å². The first-order valence-electron chi connectivity index (χ1n) is 25.7. The molecule has 2 rings (SSSR count). The van der Waals surface area contributed by atoms with E-state index in [4.69, 9.17) is 14.2 Å². The number of hydrogen-bond acceptors (Lipinski definition) is 14. The lowest BCUT2D eigenvalue weighted by Crippen LogP contribution is -2.53. The highest BCUT2D eigenvalue weighted by molar-refractivity contribution is 5.75. The molecular weight excluding hydrogens is 875 g/mol. The van der Waals surface area contributed by atoms with E-state index >= 15 is 0 Å². The summed E-state index contributed by atoms with van der Waals surface area (Å²) in [6.45, 7) is 48.4. The van der Waals surface area contributed by atoms with Gasteiger partial charge in [-0.25, -0.2) is 0 Å². The number of nitro groups is 1. The number of ether oxygens (including phenoxy) is 3. The molecule has 0 saturated carbocycles. The maximum atomic E-state index is 13.5. The van der Waals surface area contributed by atoms with Crippen LogP contribution < -0.4 is 0 Å². The van der Waals surface area contributed by atoms with Gasteiger partial charge in [-0.1, -0.05) is 74.4 Å². The molecule has 0 amide bonds. The SMILES string of the molecule is CC(C)(C)CN1CCN(CCN(CC(=O)OC(C)(C)C)CC(=O)OC(C)(C)C)CCN(CC(=O)OC(C)(C)C)CCN(CC(CCCc2ccc([N+](=O)[O-])cc2)N(CC(C)(C)C)CC(C)(C)C)CC1. The van der Waals surface area contributed by atoms with Gasteiger partial charge in [0, 0.05) is 110 Å². The van der Waals surface area contributed by atoms with Crippen molar-refractivity contribution in [3.63, 3.8) is 0 Å². The van der Waals surface area contributed by atoms with E-state index in [1.54, 1.807) is 12.1 Å². The van der Waals surface area contributed by atoms with Crippen LogP contribution in [0.3, 0.4) is 0 Å². The first kappa shape index (κ1) is 61.9. The van der Waals surface area contributed by atoms with Gasteiger partial charge in [-0.2, -0.15) is 0 Å². The van der Waals surface area contributed by atoms with E-state index in [0.29, 0.717) is 32.7 Å². The van der Waals surface area contributed by atoms with Crippen molar-refractivity contribution in [2.75, 3.05) is 111 Å². The number of carbonyl (C=O) groups excluding carboxylic acids is 3. The molecule has 1 fully saturated rings. The summed E-state index contributed by atoms with van der Waals surface area (Å²) < 4.78 is 17.3. The van der Waals surface area contributed by atoms with Crippen molar-refractivity contribution in [2.24, 2.45) is 16.2 Å². The Kier molecular flexibility index (Phi) is 24.2. The van der Waals surface area contributed by atoms with Gasteiger partial charge in [0.2, 0.25) is 0 Å². The second-order valence-corrected chi connectivity index (χ2v) is 26.2. The zero-order valence-corrected chi connectivity index (χ0v) is 46.9. The Labute approximate surface area is 419 Å². The van der Waals surface area contributed by atoms with Gasteiger partial charge in [-0.3, -0.25) is 49.0 Å². The van der Waals surface area contributed by atoms with Gasteiger partial charge in [0.05, 0.1) is 24.6 Å². The molecule has 0 radical (unpaired) electrons. The Morgan fingerprint density at radius 2 is 1.01 bits per heavy atom. The average Bonchev–Trinajstić information content (AvgIpc) is 3.12. The molecule has 398 valence electrons. The maximum Gasteiger partial charge on any atom is 0.320 e. The minimum absolute atomic E-state index is 0.0396. The topological polar surface area (TPSA) is 141 Å². The summed E-state index contributed by atoms with van der Waals surface area (Å²) in [5, 5.41) is 11.4. The minimum Gasteiger partial charge on any atom is -0.459 e. The van der Waals surface area contributed by atoms with Crippen LogP contribution in [0.1, 0.15) is 143 Å². The molecule has 0 N–H and O–H groups in total. The van der Waals surface area contributed by atoms with Gasteiger partial charge < -0.3 is 19.1 Å². The van der Waals surface area contributed by atoms with Crippen LogP contribution in [0.2, 0.25) is 0 Å². The molecule has 1 aliphatic rings. The number of carbonyl (C=O) groups is 3. The fourth-order valence-electron chi connectivity index (χ4n) is 8.68. The number of nitro benzene ring substituents is 1. The number of rotatable bonds is 20. The van der Waals surface area contributed by atoms with Crippen LogP contribution in [-0.2, 0) is 35.0 Å². The summed E-state index contributed by atoms with van der Waals surface area (Å²) in [6.07, 6.45) is 2.76. The second-order valence-electron chi connectivity index (χ2n) is 26.2. The highest BCUT2D eigenvalue weighted by Gasteiger charge is 2.31. The predicted molar refractivity (Wildman–Crippen MR) is 279 cm³/mol. The molecule has 69 heavy (non-hydrogen) atoms. The predicted octanol–water partition coefficient (Wildman–Crippen LogP) is 8.28. The molecule has 1 aromatic rings. The zero-order valence-electron chi connectivity index (χ0n) is 46.9. The average molecular weight is 974 g/mol. The van der Waals surface area contributed by atoms with Crippen molar-refractivity contribution >= 4 is 23.6 Å². The van der Waals surface area contributed by atoms with Crippen molar-refractivity contribution < 1.29 is 33.5 Å². The van der Waals surface area contributed by atoms with E-state index < -0.39 is 28.7 Å². The fraction of sp³-hybridized carbons (Fsp3) is 0.833. The number of aryl methyl sites for hydroxylation is 1. The monoisotopic (exact) mass is 974 g/mol. The van der Waals surface area contributed by atoms with E-state index in [9.17, 15) is 24.5 Å². The van der Waals surface area contributed by atoms with Crippen LogP contribution in [0.15, 0.2) is 24.3 Å². The number of nitrogens with zero attached hydrogens (tertiary/aromatic N) is 7. The smallest absolute Gasteiger partial charge is 0.320 e. The Morgan fingerprint density at radius 3 is 1.43 bits per heavy atom. The third kappa shape index (κ3) is 30.3. The molecule has 1 heterocycles. The molecule has 1 saturated heterocycles. The van der Waals surface area contributed by atoms with Crippen molar-refractivity contribution in [1.82, 2.24) is 29.4 Å². The minimum atomic E-state index is -0.661. The Bertz CT molecular complexity index is 1670. The van der Waals surface area contributed by atoms with Gasteiger partial charge >= 0.3 is 17.9 Å². The van der Waals surface area contributed by atoms with E-state index in [-0.39, 0.29) is 58.5 Å². The summed E-state index contributed by atoms with van der Waals surface area (Å²) in [5.74, 6) is -1.04. The summed E-state index contributed by atoms with van der Waals surface area (Å²) in [4.78, 5) is 65.2. The van der Waals surface area contributed by atoms with Gasteiger partial charge in [0.25, 0.3) is 5.69 Å². The zero-order chi connectivity index (χ0) is 52.6. The Balaban J connectivity index is 2.54. The summed E-state index contributed by atoms with van der Waals surface area (Å²) in [6, 6.07) is 7.24. The molecule has 15 nitrogen and oxygen atoms in total. The molecule has 0 bridgehead atoms. The van der Waals surface area contributed by atoms with E-state index in [1.165, 1.54) is 0 Å². The van der Waals surface area contributed by atoms with E-state index in [0.717, 1.165) is 83.7 Å². The lowest BCUT2D eigenvalue weighted by Gasteiger charge is -2.43. The van der Waals surface area contributed by atoms with E-state index in [2.05, 4.69) is 86.8 Å². The van der Waals surface area contributed by atoms with Crippen molar-refractivity contribution in [2.45, 2.75) is 167 Å². The van der Waals surface area contributed by atoms with Crippen LogP contribution in [0.4, 0.5) is 5.69 Å². The van der Waals surface area contributed by atoms with Crippen molar-refractivity contribution in [1.29, 1.82) is 0 Å². The third-order valence-corrected chi connectivity index (χ3v) is 11.2. The lowest BCUT2D eigenvalue weighted by atomic mass is 9.90. The first-order valence-corrected chi connectivity index (χ1v) is 25.7. The quantitative estimate of drug-likeness (QED) is 0.0536. The molecule has 1 atom stereocenters. The Hall–Kier alpha value is -3.21. The molecule has 0 aliphatic carbocycles. The largest absolute Gasteiger partial charge is 0.459 e. The van der Waals surface area contributed by atoms with Crippen LogP contribution in [0.25, 0.3) is 0 Å². The number of non-ortho nitro benzene ring substituents is 1. The molecule has 15 heteroatoms. The lowest BCUT2D eigenvalue weighted by molar-refractivity contribution is -0.384. The van der Waals surface area contributed by atoms with Crippen LogP contribution in [-0.4, -0.2) is 186 Å². The van der Waals surface area contributed by atoms with Crippen LogP contribution in [0, 0.1) is 26.4 Å². The van der Waals surface area contributed by atoms with Crippen LogP contribution >= 0.6 is 0 Å². The standard InChI is InChI=1S/C54H99N7O8/c1-49(2,3)40-58-33-27-55(28-35-59(38-47(63)68-53(13,14)15)39-48(64)69-54(16,17)18)26-29-57(37-46(62)67-52(10,11)12)31-30-56(32-34-58)36-45(60(41-50(4,5)6)42-51(7,8)9)21-19-20-43-22-24-44(25-23-43)61(65)66/h22-25,45H,19-21,26-42H2,1-18H3. The summed E-state index contributed by atoms with van der Waals surface area (Å²) in [5.41, 5.74) is -0.512. The molecule has 0 aromatic heterocycles. The Morgan fingerprint density at radius 1 is 0.594 bits per heavy atom. The molecule has 1 unspecified atom stereocenters. The van der Waals surface area contributed by atoms with Crippen molar-refractivity contribution in [3.05, 3.63) is 39.9 Å². The molecule has 1 aromatic carbocycles. The molecular formula is C54H99N7O8. The summed E-state index contributed by atoms with van der Waals surface area (Å²) in [7, 11) is 0. The maximum absolute atomic E-state index is 13.5. The third-order valence-electron chi connectivity index (χ3n) is 11.2. The summed E-state index contributed by atoms with van der Waals surface area (Å²) >= 11 is 0. The number of benzene rings is 1. The highest BCUT2D eigenvalue weighted by atomic mass is 16.6. The number of esters is 3. The van der Waals surface area contributed by atoms with Gasteiger partial charge in [-0.05, 0) is 103 Å². The van der Waals surface area contributed by atoms with Crippen molar-refractivity contribution in [3.8, 4) is 0 Å². The number of hydrogen-bond donors (Lipinski definition) is 0. The highest BCUT2D eigenvalue weighted by Crippen LogP contribution is 2.26. The van der Waals surface area contributed by atoms with Gasteiger partial charge in [0.1, 0.15) is 16.8 Å². The van der Waals surface area contributed by atoms with Crippen LogP contribution in [0.5, 0.6) is 0 Å². The normalized spacial score (nSPS) is 17.0. The second kappa shape index (κ2) is 27.0. The van der Waals surface area contributed by atoms with Gasteiger partial charge in [0.15, 0.2) is 0 Å². The molecule has 1 aliphatic heterocycles. The first-order chi connectivity index (χ1) is 31.4. The molecule has 0 spiro atoms. The van der Waals surface area contributed by atoms with Gasteiger partial charge in [-0.15, -0.1) is 0 Å². The fourth-order valence-corrected chi connectivity index (χ4v) is 8.68.